The Kier molecular flexibility index (Phi) is 8.34. The van der Waals surface area contributed by atoms with Crippen molar-refractivity contribution in [1.82, 2.24) is 20.0 Å². The van der Waals surface area contributed by atoms with Gasteiger partial charge in [-0.15, -0.1) is 0 Å². The molecule has 2 heterocycles. The number of hydrogen-bond donors (Lipinski definition) is 1. The molecule has 8 heteroatoms. The van der Waals surface area contributed by atoms with Gasteiger partial charge in [0.2, 0.25) is 5.91 Å². The van der Waals surface area contributed by atoms with Gasteiger partial charge in [0, 0.05) is 50.4 Å². The van der Waals surface area contributed by atoms with Gasteiger partial charge >= 0.3 is 12.0 Å². The molecule has 196 valence electrons. The number of likely N-dealkylation sites (N-methyl/N-ethyl adjacent to an activating group) is 1. The lowest BCUT2D eigenvalue weighted by atomic mass is 9.93. The number of ether oxygens (including phenoxy) is 1. The van der Waals surface area contributed by atoms with E-state index >= 15 is 0 Å². The van der Waals surface area contributed by atoms with Crippen molar-refractivity contribution >= 4 is 17.9 Å². The van der Waals surface area contributed by atoms with Crippen molar-refractivity contribution in [2.24, 2.45) is 5.92 Å². The Morgan fingerprint density at radius 2 is 1.89 bits per heavy atom. The minimum Gasteiger partial charge on any atom is -0.463 e. The summed E-state index contributed by atoms with van der Waals surface area (Å²) in [4.78, 5) is 45.5. The highest BCUT2D eigenvalue weighted by atomic mass is 16.5. The molecule has 1 saturated carbocycles. The molecule has 3 aliphatic rings. The summed E-state index contributed by atoms with van der Waals surface area (Å²) in [5, 5.41) is 3.04. The number of aryl methyl sites for hydroxylation is 1. The van der Waals surface area contributed by atoms with E-state index in [-0.39, 0.29) is 30.5 Å². The number of nitrogens with one attached hydrogen (secondary N) is 1. The first-order valence-corrected chi connectivity index (χ1v) is 13.4. The zero-order chi connectivity index (χ0) is 25.8. The number of nitrogens with zero attached hydrogens (tertiary/aromatic N) is 3. The number of benzene rings is 1. The highest BCUT2D eigenvalue weighted by Crippen LogP contribution is 2.33. The van der Waals surface area contributed by atoms with Crippen molar-refractivity contribution in [3.8, 4) is 0 Å². The number of esters is 1. The van der Waals surface area contributed by atoms with Crippen molar-refractivity contribution in [2.45, 2.75) is 65.5 Å². The molecule has 0 aromatic heterocycles. The lowest BCUT2D eigenvalue weighted by Crippen LogP contribution is -2.57. The maximum atomic E-state index is 13.3. The largest absolute Gasteiger partial charge is 0.463 e. The molecule has 36 heavy (non-hydrogen) atoms. The van der Waals surface area contributed by atoms with Gasteiger partial charge in [0.15, 0.2) is 0 Å². The number of hydrogen-bond acceptors (Lipinski definition) is 5. The summed E-state index contributed by atoms with van der Waals surface area (Å²) >= 11 is 0. The van der Waals surface area contributed by atoms with Crippen LogP contribution >= 0.6 is 0 Å². The zero-order valence-corrected chi connectivity index (χ0v) is 22.1. The molecule has 2 unspecified atom stereocenters. The van der Waals surface area contributed by atoms with Crippen LogP contribution in [0, 0.1) is 12.8 Å². The van der Waals surface area contributed by atoms with Gasteiger partial charge in [-0.05, 0) is 46.1 Å². The van der Waals surface area contributed by atoms with E-state index in [1.165, 1.54) is 0 Å². The van der Waals surface area contributed by atoms with Crippen LogP contribution in [0.1, 0.15) is 63.6 Å². The predicted molar refractivity (Wildman–Crippen MR) is 138 cm³/mol. The van der Waals surface area contributed by atoms with Gasteiger partial charge in [0.05, 0.1) is 18.2 Å². The third-order valence-electron chi connectivity index (χ3n) is 7.70. The van der Waals surface area contributed by atoms with Gasteiger partial charge in [-0.3, -0.25) is 14.6 Å². The Morgan fingerprint density at radius 1 is 1.14 bits per heavy atom. The number of carbonyl (C=O) groups is 3. The third-order valence-corrected chi connectivity index (χ3v) is 7.70. The van der Waals surface area contributed by atoms with E-state index in [0.717, 1.165) is 36.8 Å². The summed E-state index contributed by atoms with van der Waals surface area (Å²) in [6.07, 6.45) is 4.30. The van der Waals surface area contributed by atoms with Crippen LogP contribution in [0.3, 0.4) is 0 Å². The van der Waals surface area contributed by atoms with Gasteiger partial charge in [0.1, 0.15) is 0 Å². The topological polar surface area (TPSA) is 82.2 Å². The average Bonchev–Trinajstić information content (AvgIpc) is 3.39. The molecule has 0 bridgehead atoms. The number of carbonyl (C=O) groups excluding carboxylic acids is 3. The molecule has 3 amide bonds. The first-order chi connectivity index (χ1) is 17.3. The molecule has 1 saturated heterocycles. The summed E-state index contributed by atoms with van der Waals surface area (Å²) in [5.41, 5.74) is 3.09. The van der Waals surface area contributed by atoms with Gasteiger partial charge in [-0.25, -0.2) is 9.59 Å². The van der Waals surface area contributed by atoms with E-state index in [1.807, 2.05) is 43.0 Å². The fourth-order valence-corrected chi connectivity index (χ4v) is 5.88. The summed E-state index contributed by atoms with van der Waals surface area (Å²) in [6, 6.07) is 7.17. The standard InChI is InChI=1S/C28H40N4O4/c1-5-31-23(18-30-14-15-32(20(4)17-30)26(33)21-11-7-8-12-21)24(27(34)36-6-2)25(29-28(31)35)22-13-9-10-19(3)16-22/h9-10,13,16,20-21,25H,5-8,11-12,14-15,17-18H2,1-4H3,(H,29,35). The Labute approximate surface area is 214 Å². The van der Waals surface area contributed by atoms with Gasteiger partial charge in [-0.2, -0.15) is 0 Å². The maximum absolute atomic E-state index is 13.3. The molecule has 0 radical (unpaired) electrons. The second kappa shape index (κ2) is 11.5. The first kappa shape index (κ1) is 26.2. The Morgan fingerprint density at radius 3 is 2.53 bits per heavy atom. The number of piperazine rings is 1. The molecule has 1 aromatic rings. The summed E-state index contributed by atoms with van der Waals surface area (Å²) in [5.74, 6) is 0.0585. The SMILES string of the molecule is CCOC(=O)C1=C(CN2CCN(C(=O)C3CCCC3)C(C)C2)N(CC)C(=O)NC1c1cccc(C)c1. The summed E-state index contributed by atoms with van der Waals surface area (Å²) in [6.45, 7) is 11.0. The molecule has 0 spiro atoms. The molecule has 4 rings (SSSR count). The maximum Gasteiger partial charge on any atom is 0.338 e. The number of amides is 3. The van der Waals surface area contributed by atoms with Crippen LogP contribution < -0.4 is 5.32 Å². The predicted octanol–water partition coefficient (Wildman–Crippen LogP) is 3.62. The lowest BCUT2D eigenvalue weighted by Gasteiger charge is -2.43. The normalized spacial score (nSPS) is 23.7. The molecular formula is C28H40N4O4. The van der Waals surface area contributed by atoms with E-state index in [9.17, 15) is 14.4 Å². The molecular weight excluding hydrogens is 456 g/mol. The van der Waals surface area contributed by atoms with Crippen molar-refractivity contribution in [3.05, 3.63) is 46.7 Å². The van der Waals surface area contributed by atoms with Crippen LogP contribution in [-0.2, 0) is 14.3 Å². The molecule has 2 atom stereocenters. The summed E-state index contributed by atoms with van der Waals surface area (Å²) in [7, 11) is 0. The summed E-state index contributed by atoms with van der Waals surface area (Å²) < 4.78 is 5.49. The van der Waals surface area contributed by atoms with Crippen LogP contribution in [0.2, 0.25) is 0 Å². The van der Waals surface area contributed by atoms with E-state index in [1.54, 1.807) is 11.8 Å². The Hall–Kier alpha value is -2.87. The third kappa shape index (κ3) is 5.43. The van der Waals surface area contributed by atoms with Gasteiger partial charge < -0.3 is 15.0 Å². The second-order valence-electron chi connectivity index (χ2n) is 10.2. The number of rotatable bonds is 7. The fraction of sp³-hybridized carbons (Fsp3) is 0.607. The highest BCUT2D eigenvalue weighted by molar-refractivity contribution is 5.95. The van der Waals surface area contributed by atoms with Crippen molar-refractivity contribution in [2.75, 3.05) is 39.3 Å². The van der Waals surface area contributed by atoms with E-state index in [4.69, 9.17) is 4.74 Å². The zero-order valence-electron chi connectivity index (χ0n) is 22.1. The lowest BCUT2D eigenvalue weighted by molar-refractivity contribution is -0.140. The molecule has 1 N–H and O–H groups in total. The van der Waals surface area contributed by atoms with Crippen molar-refractivity contribution < 1.29 is 19.1 Å². The molecule has 1 aromatic carbocycles. The minimum atomic E-state index is -0.572. The van der Waals surface area contributed by atoms with E-state index in [0.29, 0.717) is 44.0 Å². The van der Waals surface area contributed by atoms with Crippen LogP contribution in [0.15, 0.2) is 35.5 Å². The van der Waals surface area contributed by atoms with Gasteiger partial charge in [0.25, 0.3) is 0 Å². The molecule has 2 aliphatic heterocycles. The monoisotopic (exact) mass is 496 g/mol. The molecule has 2 fully saturated rings. The Balaban J connectivity index is 1.62. The first-order valence-electron chi connectivity index (χ1n) is 13.4. The fourth-order valence-electron chi connectivity index (χ4n) is 5.88. The van der Waals surface area contributed by atoms with Crippen LogP contribution in [0.25, 0.3) is 0 Å². The Bertz CT molecular complexity index is 1020. The van der Waals surface area contributed by atoms with E-state index < -0.39 is 12.0 Å². The van der Waals surface area contributed by atoms with Crippen molar-refractivity contribution in [3.63, 3.8) is 0 Å². The highest BCUT2D eigenvalue weighted by Gasteiger charge is 2.39. The smallest absolute Gasteiger partial charge is 0.338 e. The second-order valence-corrected chi connectivity index (χ2v) is 10.2. The quantitative estimate of drug-likeness (QED) is 0.583. The van der Waals surface area contributed by atoms with Gasteiger partial charge in [-0.1, -0.05) is 42.7 Å². The van der Waals surface area contributed by atoms with Crippen LogP contribution in [-0.4, -0.2) is 78.0 Å². The minimum absolute atomic E-state index is 0.0820. The van der Waals surface area contributed by atoms with Crippen LogP contribution in [0.5, 0.6) is 0 Å². The molecule has 8 nitrogen and oxygen atoms in total. The van der Waals surface area contributed by atoms with E-state index in [2.05, 4.69) is 17.1 Å². The van der Waals surface area contributed by atoms with Crippen LogP contribution in [0.4, 0.5) is 4.79 Å². The number of urea groups is 1. The average molecular weight is 497 g/mol. The molecule has 1 aliphatic carbocycles. The van der Waals surface area contributed by atoms with Crippen molar-refractivity contribution in [1.29, 1.82) is 0 Å².